The lowest BCUT2D eigenvalue weighted by molar-refractivity contribution is -0.143. The highest BCUT2D eigenvalue weighted by molar-refractivity contribution is 5.85. The van der Waals surface area contributed by atoms with Gasteiger partial charge in [-0.25, -0.2) is 4.79 Å². The molecule has 1 heterocycles. The highest BCUT2D eigenvalue weighted by Gasteiger charge is 2.20. The minimum absolute atomic E-state index is 0.0272. The van der Waals surface area contributed by atoms with Gasteiger partial charge in [0.15, 0.2) is 0 Å². The number of carboxylic acids is 2. The van der Waals surface area contributed by atoms with Crippen LogP contribution in [0.1, 0.15) is 18.4 Å². The van der Waals surface area contributed by atoms with Crippen LogP contribution in [-0.2, 0) is 20.8 Å². The fraction of sp³-hybridized carbons (Fsp3) is 0.333. The van der Waals surface area contributed by atoms with Gasteiger partial charge in [-0.1, -0.05) is 0 Å². The van der Waals surface area contributed by atoms with Crippen molar-refractivity contribution in [2.75, 3.05) is 0 Å². The van der Waals surface area contributed by atoms with Gasteiger partial charge >= 0.3 is 11.9 Å². The van der Waals surface area contributed by atoms with Gasteiger partial charge in [0.05, 0.1) is 6.42 Å². The second-order valence-corrected chi connectivity index (χ2v) is 3.92. The van der Waals surface area contributed by atoms with E-state index in [0.29, 0.717) is 5.56 Å². The Balaban J connectivity index is 2.52. The summed E-state index contributed by atoms with van der Waals surface area (Å²) in [5.74, 6) is -2.82. The molecular weight excluding hydrogens is 252 g/mol. The molecule has 0 saturated carbocycles. The lowest BCUT2D eigenvalue weighted by Crippen LogP contribution is -2.41. The van der Waals surface area contributed by atoms with E-state index < -0.39 is 23.9 Å². The molecule has 1 atom stereocenters. The van der Waals surface area contributed by atoms with Crippen molar-refractivity contribution < 1.29 is 24.6 Å². The zero-order valence-corrected chi connectivity index (χ0v) is 10.1. The van der Waals surface area contributed by atoms with Crippen LogP contribution in [0.3, 0.4) is 0 Å². The van der Waals surface area contributed by atoms with Crippen LogP contribution in [0.4, 0.5) is 0 Å². The smallest absolute Gasteiger partial charge is 0.326 e. The summed E-state index contributed by atoms with van der Waals surface area (Å²) in [5, 5.41) is 19.7. The zero-order valence-electron chi connectivity index (χ0n) is 10.1. The normalized spacial score (nSPS) is 11.6. The third-order valence-electron chi connectivity index (χ3n) is 2.39. The summed E-state index contributed by atoms with van der Waals surface area (Å²) >= 11 is 0. The molecule has 7 nitrogen and oxygen atoms in total. The van der Waals surface area contributed by atoms with Gasteiger partial charge in [0.2, 0.25) is 5.91 Å². The molecule has 1 amide bonds. The van der Waals surface area contributed by atoms with E-state index in [1.165, 1.54) is 12.4 Å². The highest BCUT2D eigenvalue weighted by atomic mass is 16.4. The summed E-state index contributed by atoms with van der Waals surface area (Å²) in [7, 11) is 0. The van der Waals surface area contributed by atoms with E-state index in [-0.39, 0.29) is 19.3 Å². The molecule has 0 spiro atoms. The Kier molecular flexibility index (Phi) is 5.46. The number of pyridine rings is 1. The molecule has 0 aliphatic rings. The Morgan fingerprint density at radius 2 is 1.84 bits per heavy atom. The number of carboxylic acid groups (broad SMARTS) is 2. The topological polar surface area (TPSA) is 117 Å². The van der Waals surface area contributed by atoms with Crippen molar-refractivity contribution in [1.29, 1.82) is 0 Å². The Hall–Kier alpha value is -2.44. The molecule has 0 bridgehead atoms. The standard InChI is InChI=1S/C12H14N2O5/c15-10(7-8-3-5-13-6-4-8)14-9(12(18)19)1-2-11(16)17/h3-6,9H,1-2,7H2,(H,14,15)(H,16,17)(H,18,19)/t9-/m0/s1. The summed E-state index contributed by atoms with van der Waals surface area (Å²) in [6.07, 6.45) is 2.63. The first-order valence-electron chi connectivity index (χ1n) is 5.62. The number of carbonyl (C=O) groups excluding carboxylic acids is 1. The number of hydrogen-bond acceptors (Lipinski definition) is 4. The molecule has 1 rings (SSSR count). The number of nitrogens with one attached hydrogen (secondary N) is 1. The number of nitrogens with zero attached hydrogens (tertiary/aromatic N) is 1. The maximum absolute atomic E-state index is 11.6. The summed E-state index contributed by atoms with van der Waals surface area (Å²) in [5.41, 5.74) is 0.704. The molecular formula is C12H14N2O5. The molecule has 0 aliphatic heterocycles. The Labute approximate surface area is 109 Å². The fourth-order valence-electron chi connectivity index (χ4n) is 1.46. The molecule has 7 heteroatoms. The Morgan fingerprint density at radius 1 is 1.21 bits per heavy atom. The summed E-state index contributed by atoms with van der Waals surface area (Å²) < 4.78 is 0. The average Bonchev–Trinajstić information content (AvgIpc) is 2.35. The van der Waals surface area contributed by atoms with E-state index in [1.807, 2.05) is 0 Å². The summed E-state index contributed by atoms with van der Waals surface area (Å²) in [6.45, 7) is 0. The largest absolute Gasteiger partial charge is 0.481 e. The van der Waals surface area contributed by atoms with Crippen LogP contribution >= 0.6 is 0 Å². The van der Waals surface area contributed by atoms with Crippen molar-refractivity contribution in [1.82, 2.24) is 10.3 Å². The van der Waals surface area contributed by atoms with Gasteiger partial charge < -0.3 is 15.5 Å². The van der Waals surface area contributed by atoms with Crippen LogP contribution in [0.2, 0.25) is 0 Å². The summed E-state index contributed by atoms with van der Waals surface area (Å²) in [4.78, 5) is 36.7. The van der Waals surface area contributed by atoms with Gasteiger partial charge in [-0.15, -0.1) is 0 Å². The molecule has 102 valence electrons. The Morgan fingerprint density at radius 3 is 2.37 bits per heavy atom. The van der Waals surface area contributed by atoms with Crippen molar-refractivity contribution >= 4 is 17.8 Å². The molecule has 3 N–H and O–H groups in total. The minimum atomic E-state index is -1.25. The van der Waals surface area contributed by atoms with Crippen molar-refractivity contribution in [3.05, 3.63) is 30.1 Å². The maximum Gasteiger partial charge on any atom is 0.326 e. The fourth-order valence-corrected chi connectivity index (χ4v) is 1.46. The van der Waals surface area contributed by atoms with E-state index in [1.54, 1.807) is 12.1 Å². The van der Waals surface area contributed by atoms with Crippen molar-refractivity contribution in [2.45, 2.75) is 25.3 Å². The van der Waals surface area contributed by atoms with Gasteiger partial charge in [0, 0.05) is 18.8 Å². The molecule has 0 saturated heterocycles. The van der Waals surface area contributed by atoms with Crippen LogP contribution in [-0.4, -0.2) is 39.1 Å². The first-order valence-corrected chi connectivity index (χ1v) is 5.62. The van der Waals surface area contributed by atoms with Gasteiger partial charge in [-0.2, -0.15) is 0 Å². The number of hydrogen-bond donors (Lipinski definition) is 3. The summed E-state index contributed by atoms with van der Waals surface area (Å²) in [6, 6.07) is 2.10. The Bertz CT molecular complexity index is 460. The molecule has 0 radical (unpaired) electrons. The number of aromatic nitrogens is 1. The van der Waals surface area contributed by atoms with E-state index in [9.17, 15) is 14.4 Å². The molecule has 1 aromatic rings. The van der Waals surface area contributed by atoms with E-state index in [4.69, 9.17) is 10.2 Å². The minimum Gasteiger partial charge on any atom is -0.481 e. The van der Waals surface area contributed by atoms with Gasteiger partial charge in [0.25, 0.3) is 0 Å². The second-order valence-electron chi connectivity index (χ2n) is 3.92. The van der Waals surface area contributed by atoms with Crippen molar-refractivity contribution in [3.8, 4) is 0 Å². The third-order valence-corrected chi connectivity index (χ3v) is 2.39. The number of aliphatic carboxylic acids is 2. The maximum atomic E-state index is 11.6. The molecule has 0 aliphatic carbocycles. The number of rotatable bonds is 7. The average molecular weight is 266 g/mol. The molecule has 0 fully saturated rings. The zero-order chi connectivity index (χ0) is 14.3. The molecule has 19 heavy (non-hydrogen) atoms. The third kappa shape index (κ3) is 5.62. The number of carbonyl (C=O) groups is 3. The van der Waals surface area contributed by atoms with E-state index >= 15 is 0 Å². The first-order chi connectivity index (χ1) is 8.99. The van der Waals surface area contributed by atoms with E-state index in [0.717, 1.165) is 0 Å². The van der Waals surface area contributed by atoms with Crippen molar-refractivity contribution in [3.63, 3.8) is 0 Å². The quantitative estimate of drug-likeness (QED) is 0.642. The van der Waals surface area contributed by atoms with E-state index in [2.05, 4.69) is 10.3 Å². The van der Waals surface area contributed by atoms with Gasteiger partial charge in [0.1, 0.15) is 6.04 Å². The van der Waals surface area contributed by atoms with Crippen LogP contribution in [0.25, 0.3) is 0 Å². The van der Waals surface area contributed by atoms with Gasteiger partial charge in [-0.05, 0) is 24.1 Å². The highest BCUT2D eigenvalue weighted by Crippen LogP contribution is 2.01. The van der Waals surface area contributed by atoms with Crippen LogP contribution in [0.15, 0.2) is 24.5 Å². The molecule has 0 aromatic carbocycles. The molecule has 1 aromatic heterocycles. The van der Waals surface area contributed by atoms with Gasteiger partial charge in [-0.3, -0.25) is 14.6 Å². The first kappa shape index (κ1) is 14.6. The second kappa shape index (κ2) is 7.10. The number of amides is 1. The predicted molar refractivity (Wildman–Crippen MR) is 64.4 cm³/mol. The lowest BCUT2D eigenvalue weighted by atomic mass is 10.1. The monoisotopic (exact) mass is 266 g/mol. The lowest BCUT2D eigenvalue weighted by Gasteiger charge is -2.13. The van der Waals surface area contributed by atoms with Crippen LogP contribution in [0.5, 0.6) is 0 Å². The predicted octanol–water partition coefficient (Wildman–Crippen LogP) is 0.0583. The SMILES string of the molecule is O=C(O)CC[C@H](NC(=O)Cc1ccncc1)C(=O)O. The van der Waals surface area contributed by atoms with Crippen LogP contribution in [0, 0.1) is 0 Å². The van der Waals surface area contributed by atoms with Crippen LogP contribution < -0.4 is 5.32 Å². The molecule has 0 unspecified atom stereocenters. The van der Waals surface area contributed by atoms with Crippen molar-refractivity contribution in [2.24, 2.45) is 0 Å².